The Balaban J connectivity index is 1.40. The number of nitrogens with one attached hydrogen (secondary N) is 1. The van der Waals surface area contributed by atoms with Crippen LogP contribution in [0.3, 0.4) is 0 Å². The van der Waals surface area contributed by atoms with Crippen LogP contribution in [-0.4, -0.2) is 52.6 Å². The van der Waals surface area contributed by atoms with E-state index in [0.29, 0.717) is 19.0 Å². The van der Waals surface area contributed by atoms with Crippen LogP contribution in [-0.2, 0) is 16.1 Å². The normalized spacial score (nSPS) is 16.4. The minimum absolute atomic E-state index is 0.103. The highest BCUT2D eigenvalue weighted by Gasteiger charge is 2.25. The standard InChI is InChI=1S/C19H22N4O4/c24-18(11-21-19(25)26-13-15-5-2-1-3-6-15)23-10-4-7-16(12-23)27-17-8-9-20-14-22-17/h1-3,5-6,8-9,14,16H,4,7,10-13H2,(H,21,25)/t16-/m1/s1. The predicted molar refractivity (Wildman–Crippen MR) is 96.9 cm³/mol. The number of benzene rings is 1. The molecule has 1 aromatic heterocycles. The summed E-state index contributed by atoms with van der Waals surface area (Å²) >= 11 is 0. The molecular formula is C19H22N4O4. The molecule has 27 heavy (non-hydrogen) atoms. The summed E-state index contributed by atoms with van der Waals surface area (Å²) in [6, 6.07) is 11.1. The average molecular weight is 370 g/mol. The fourth-order valence-corrected chi connectivity index (χ4v) is 2.81. The number of piperidine rings is 1. The Hall–Kier alpha value is -3.16. The topological polar surface area (TPSA) is 93.7 Å². The number of hydrogen-bond acceptors (Lipinski definition) is 6. The molecule has 8 nitrogen and oxygen atoms in total. The van der Waals surface area contributed by atoms with Crippen molar-refractivity contribution in [1.29, 1.82) is 0 Å². The number of carbonyl (C=O) groups is 2. The van der Waals surface area contributed by atoms with Gasteiger partial charge in [0.15, 0.2) is 0 Å². The van der Waals surface area contributed by atoms with E-state index >= 15 is 0 Å². The predicted octanol–water partition coefficient (Wildman–Crippen LogP) is 1.77. The Labute approximate surface area is 157 Å². The van der Waals surface area contributed by atoms with Crippen LogP contribution in [0.4, 0.5) is 4.79 Å². The number of aromatic nitrogens is 2. The zero-order chi connectivity index (χ0) is 18.9. The molecule has 0 aliphatic carbocycles. The highest BCUT2D eigenvalue weighted by Crippen LogP contribution is 2.16. The first-order chi connectivity index (χ1) is 13.2. The van der Waals surface area contributed by atoms with Gasteiger partial charge in [-0.25, -0.2) is 14.8 Å². The molecule has 3 rings (SSSR count). The third-order valence-electron chi connectivity index (χ3n) is 4.17. The summed E-state index contributed by atoms with van der Waals surface area (Å²) in [5.74, 6) is 0.328. The molecule has 2 aromatic rings. The van der Waals surface area contributed by atoms with Gasteiger partial charge >= 0.3 is 6.09 Å². The van der Waals surface area contributed by atoms with Gasteiger partial charge in [-0.1, -0.05) is 30.3 Å². The van der Waals surface area contributed by atoms with E-state index in [9.17, 15) is 9.59 Å². The fraction of sp³-hybridized carbons (Fsp3) is 0.368. The van der Waals surface area contributed by atoms with Crippen molar-refractivity contribution in [2.75, 3.05) is 19.6 Å². The minimum Gasteiger partial charge on any atom is -0.472 e. The monoisotopic (exact) mass is 370 g/mol. The SMILES string of the molecule is O=C(NCC(=O)N1CCC[C@@H](Oc2ccncn2)C1)OCc1ccccc1. The van der Waals surface area contributed by atoms with Gasteiger partial charge in [0.05, 0.1) is 6.54 Å². The van der Waals surface area contributed by atoms with E-state index < -0.39 is 6.09 Å². The molecule has 1 aromatic carbocycles. The van der Waals surface area contributed by atoms with Gasteiger partial charge in [-0.2, -0.15) is 0 Å². The number of hydrogen-bond donors (Lipinski definition) is 1. The van der Waals surface area contributed by atoms with Crippen molar-refractivity contribution < 1.29 is 19.1 Å². The summed E-state index contributed by atoms with van der Waals surface area (Å²) < 4.78 is 10.9. The van der Waals surface area contributed by atoms with Crippen LogP contribution in [0.1, 0.15) is 18.4 Å². The fourth-order valence-electron chi connectivity index (χ4n) is 2.81. The molecule has 1 aliphatic heterocycles. The Morgan fingerprint density at radius 2 is 2.07 bits per heavy atom. The Morgan fingerprint density at radius 3 is 2.85 bits per heavy atom. The van der Waals surface area contributed by atoms with E-state index in [4.69, 9.17) is 9.47 Å². The van der Waals surface area contributed by atoms with E-state index in [-0.39, 0.29) is 25.2 Å². The number of rotatable bonds is 6. The first-order valence-electron chi connectivity index (χ1n) is 8.85. The molecule has 0 spiro atoms. The maximum Gasteiger partial charge on any atom is 0.407 e. The van der Waals surface area contributed by atoms with Crippen LogP contribution in [0, 0.1) is 0 Å². The lowest BCUT2D eigenvalue weighted by Gasteiger charge is -2.32. The number of ether oxygens (including phenoxy) is 2. The maximum atomic E-state index is 12.3. The smallest absolute Gasteiger partial charge is 0.407 e. The lowest BCUT2D eigenvalue weighted by molar-refractivity contribution is -0.132. The zero-order valence-corrected chi connectivity index (χ0v) is 14.9. The van der Waals surface area contributed by atoms with Gasteiger partial charge in [0, 0.05) is 18.8 Å². The molecule has 0 radical (unpaired) electrons. The van der Waals surface area contributed by atoms with Gasteiger partial charge in [-0.3, -0.25) is 4.79 Å². The number of amides is 2. The number of nitrogens with zero attached hydrogens (tertiary/aromatic N) is 3. The molecule has 1 saturated heterocycles. The third-order valence-corrected chi connectivity index (χ3v) is 4.17. The first kappa shape index (κ1) is 18.6. The first-order valence-corrected chi connectivity index (χ1v) is 8.85. The lowest BCUT2D eigenvalue weighted by atomic mass is 10.1. The van der Waals surface area contributed by atoms with Crippen LogP contribution >= 0.6 is 0 Å². The van der Waals surface area contributed by atoms with E-state index in [1.165, 1.54) is 6.33 Å². The lowest BCUT2D eigenvalue weighted by Crippen LogP contribution is -2.48. The van der Waals surface area contributed by atoms with Crippen LogP contribution in [0.25, 0.3) is 0 Å². The molecule has 2 amide bonds. The molecule has 0 unspecified atom stereocenters. The molecule has 0 bridgehead atoms. The molecule has 142 valence electrons. The minimum atomic E-state index is -0.613. The Morgan fingerprint density at radius 1 is 1.22 bits per heavy atom. The second-order valence-electron chi connectivity index (χ2n) is 6.18. The number of likely N-dealkylation sites (tertiary alicyclic amines) is 1. The van der Waals surface area contributed by atoms with Crippen LogP contribution in [0.15, 0.2) is 48.9 Å². The van der Waals surface area contributed by atoms with Crippen molar-refractivity contribution in [3.05, 3.63) is 54.5 Å². The van der Waals surface area contributed by atoms with Gasteiger partial charge < -0.3 is 19.7 Å². The quantitative estimate of drug-likeness (QED) is 0.833. The second-order valence-corrected chi connectivity index (χ2v) is 6.18. The molecule has 0 saturated carbocycles. The van der Waals surface area contributed by atoms with Gasteiger partial charge in [-0.05, 0) is 18.4 Å². The molecular weight excluding hydrogens is 348 g/mol. The van der Waals surface area contributed by atoms with Gasteiger partial charge in [0.1, 0.15) is 25.6 Å². The highest BCUT2D eigenvalue weighted by molar-refractivity contribution is 5.82. The van der Waals surface area contributed by atoms with Gasteiger partial charge in [0.2, 0.25) is 11.8 Å². The number of carbonyl (C=O) groups excluding carboxylic acids is 2. The molecule has 1 N–H and O–H groups in total. The van der Waals surface area contributed by atoms with Crippen molar-refractivity contribution in [2.24, 2.45) is 0 Å². The molecule has 2 heterocycles. The Kier molecular flexibility index (Phi) is 6.56. The maximum absolute atomic E-state index is 12.3. The van der Waals surface area contributed by atoms with Crippen LogP contribution in [0.5, 0.6) is 5.88 Å². The highest BCUT2D eigenvalue weighted by atomic mass is 16.5. The molecule has 8 heteroatoms. The van der Waals surface area contributed by atoms with E-state index in [0.717, 1.165) is 18.4 Å². The second kappa shape index (κ2) is 9.51. The van der Waals surface area contributed by atoms with Crippen LogP contribution in [0.2, 0.25) is 0 Å². The van der Waals surface area contributed by atoms with Crippen LogP contribution < -0.4 is 10.1 Å². The van der Waals surface area contributed by atoms with Crippen molar-refractivity contribution in [2.45, 2.75) is 25.6 Å². The summed E-state index contributed by atoms with van der Waals surface area (Å²) in [6.45, 7) is 1.17. The summed E-state index contributed by atoms with van der Waals surface area (Å²) in [5.41, 5.74) is 0.889. The largest absolute Gasteiger partial charge is 0.472 e. The van der Waals surface area contributed by atoms with Crippen molar-refractivity contribution in [1.82, 2.24) is 20.2 Å². The average Bonchev–Trinajstić information content (AvgIpc) is 2.72. The number of alkyl carbamates (subject to hydrolysis) is 1. The zero-order valence-electron chi connectivity index (χ0n) is 14.9. The third kappa shape index (κ3) is 5.95. The summed E-state index contributed by atoms with van der Waals surface area (Å²) in [5, 5.41) is 2.50. The van der Waals surface area contributed by atoms with Crippen molar-refractivity contribution in [3.8, 4) is 5.88 Å². The van der Waals surface area contributed by atoms with E-state index in [1.54, 1.807) is 17.2 Å². The van der Waals surface area contributed by atoms with Gasteiger partial charge in [-0.15, -0.1) is 0 Å². The van der Waals surface area contributed by atoms with Crippen molar-refractivity contribution >= 4 is 12.0 Å². The van der Waals surface area contributed by atoms with E-state index in [1.807, 2.05) is 30.3 Å². The summed E-state index contributed by atoms with van der Waals surface area (Å²) in [4.78, 5) is 33.7. The van der Waals surface area contributed by atoms with Gasteiger partial charge in [0.25, 0.3) is 0 Å². The molecule has 1 fully saturated rings. The van der Waals surface area contributed by atoms with E-state index in [2.05, 4.69) is 15.3 Å². The summed E-state index contributed by atoms with van der Waals surface area (Å²) in [7, 11) is 0. The molecule has 1 aliphatic rings. The summed E-state index contributed by atoms with van der Waals surface area (Å²) in [6.07, 6.45) is 3.98. The van der Waals surface area contributed by atoms with Crippen molar-refractivity contribution in [3.63, 3.8) is 0 Å². The molecule has 1 atom stereocenters. The Bertz CT molecular complexity index is 742.